The van der Waals surface area contributed by atoms with Crippen LogP contribution in [-0.4, -0.2) is 20.4 Å². The molecule has 0 spiro atoms. The lowest BCUT2D eigenvalue weighted by Gasteiger charge is -2.10. The third-order valence-corrected chi connectivity index (χ3v) is 4.03. The van der Waals surface area contributed by atoms with E-state index in [1.165, 1.54) is 19.3 Å². The van der Waals surface area contributed by atoms with Gasteiger partial charge in [-0.3, -0.25) is 0 Å². The molecule has 0 bridgehead atoms. The van der Waals surface area contributed by atoms with Crippen LogP contribution in [0, 0.1) is 11.3 Å². The minimum absolute atomic E-state index is 0.0462. The monoisotopic (exact) mass is 288 g/mol. The van der Waals surface area contributed by atoms with Crippen LogP contribution < -0.4 is 10.0 Å². The fourth-order valence-electron chi connectivity index (χ4n) is 1.61. The number of anilines is 2. The fourth-order valence-corrected chi connectivity index (χ4v) is 2.45. The number of pyridine rings is 1. The van der Waals surface area contributed by atoms with E-state index in [0.29, 0.717) is 11.3 Å². The van der Waals surface area contributed by atoms with Crippen molar-refractivity contribution in [3.05, 3.63) is 48.2 Å². The van der Waals surface area contributed by atoms with Gasteiger partial charge < -0.3 is 5.32 Å². The molecule has 1 aromatic carbocycles. The Bertz CT molecular complexity index is 766. The molecule has 0 saturated heterocycles. The van der Waals surface area contributed by atoms with Crippen molar-refractivity contribution < 1.29 is 8.42 Å². The number of hydrogen-bond donors (Lipinski definition) is 2. The van der Waals surface area contributed by atoms with Gasteiger partial charge in [-0.25, -0.2) is 18.1 Å². The first-order valence-electron chi connectivity index (χ1n) is 5.72. The lowest BCUT2D eigenvalue weighted by molar-refractivity contribution is 0.588. The number of nitrogens with one attached hydrogen (secondary N) is 2. The summed E-state index contributed by atoms with van der Waals surface area (Å²) in [5, 5.41) is 11.8. The molecule has 2 aromatic rings. The van der Waals surface area contributed by atoms with E-state index in [9.17, 15) is 8.42 Å². The SMILES string of the molecule is CNS(=O)(=O)c1cccnc1Nc1cccc(C#N)c1. The predicted molar refractivity (Wildman–Crippen MR) is 74.9 cm³/mol. The second-order valence-corrected chi connectivity index (χ2v) is 5.73. The molecule has 0 aliphatic carbocycles. The van der Waals surface area contributed by atoms with Crippen LogP contribution in [0.1, 0.15) is 5.56 Å². The lowest BCUT2D eigenvalue weighted by atomic mass is 10.2. The Morgan fingerprint density at radius 2 is 2.05 bits per heavy atom. The van der Waals surface area contributed by atoms with E-state index < -0.39 is 10.0 Å². The topological polar surface area (TPSA) is 94.9 Å². The number of rotatable bonds is 4. The molecular formula is C13H12N4O2S. The van der Waals surface area contributed by atoms with E-state index in [1.54, 1.807) is 30.3 Å². The van der Waals surface area contributed by atoms with E-state index in [-0.39, 0.29) is 10.7 Å². The molecule has 2 rings (SSSR count). The zero-order valence-corrected chi connectivity index (χ0v) is 11.5. The molecular weight excluding hydrogens is 276 g/mol. The maximum Gasteiger partial charge on any atom is 0.243 e. The number of aromatic nitrogens is 1. The van der Waals surface area contributed by atoms with Gasteiger partial charge in [0.05, 0.1) is 11.6 Å². The highest BCUT2D eigenvalue weighted by Crippen LogP contribution is 2.22. The van der Waals surface area contributed by atoms with Gasteiger partial charge >= 0.3 is 0 Å². The Morgan fingerprint density at radius 1 is 1.25 bits per heavy atom. The second-order valence-electron chi connectivity index (χ2n) is 3.88. The van der Waals surface area contributed by atoms with Gasteiger partial charge in [0.15, 0.2) is 5.82 Å². The lowest BCUT2D eigenvalue weighted by Crippen LogP contribution is -2.20. The standard InChI is InChI=1S/C13H12N4O2S/c1-15-20(18,19)12-6-3-7-16-13(12)17-11-5-2-4-10(8-11)9-14/h2-8,15H,1H3,(H,16,17). The Hall–Kier alpha value is -2.43. The minimum atomic E-state index is -3.60. The maximum atomic E-state index is 11.9. The van der Waals surface area contributed by atoms with Gasteiger partial charge in [-0.1, -0.05) is 6.07 Å². The number of hydrogen-bond acceptors (Lipinski definition) is 5. The zero-order valence-electron chi connectivity index (χ0n) is 10.7. The van der Waals surface area contributed by atoms with Crippen molar-refractivity contribution in [3.8, 4) is 6.07 Å². The first-order chi connectivity index (χ1) is 9.56. The smallest absolute Gasteiger partial charge is 0.243 e. The quantitative estimate of drug-likeness (QED) is 0.891. The Morgan fingerprint density at radius 3 is 2.75 bits per heavy atom. The van der Waals surface area contributed by atoms with E-state index >= 15 is 0 Å². The van der Waals surface area contributed by atoms with Crippen molar-refractivity contribution in [1.82, 2.24) is 9.71 Å². The van der Waals surface area contributed by atoms with Gasteiger partial charge in [0, 0.05) is 11.9 Å². The van der Waals surface area contributed by atoms with Gasteiger partial charge in [0.1, 0.15) is 4.90 Å². The summed E-state index contributed by atoms with van der Waals surface area (Å²) in [4.78, 5) is 4.08. The van der Waals surface area contributed by atoms with Crippen molar-refractivity contribution in [2.75, 3.05) is 12.4 Å². The molecule has 0 amide bonds. The Balaban J connectivity index is 2.42. The molecule has 0 radical (unpaired) electrons. The molecule has 7 heteroatoms. The Labute approximate surface area is 117 Å². The van der Waals surface area contributed by atoms with Crippen molar-refractivity contribution in [1.29, 1.82) is 5.26 Å². The summed E-state index contributed by atoms with van der Waals surface area (Å²) in [6.45, 7) is 0. The molecule has 6 nitrogen and oxygen atoms in total. The summed E-state index contributed by atoms with van der Waals surface area (Å²) in [7, 11) is -2.27. The van der Waals surface area contributed by atoms with Crippen LogP contribution in [0.2, 0.25) is 0 Å². The van der Waals surface area contributed by atoms with Crippen molar-refractivity contribution in [2.45, 2.75) is 4.90 Å². The van der Waals surface area contributed by atoms with Crippen LogP contribution in [0.3, 0.4) is 0 Å². The summed E-state index contributed by atoms with van der Waals surface area (Å²) in [5.74, 6) is 0.205. The molecule has 0 atom stereocenters. The number of sulfonamides is 1. The number of nitriles is 1. The molecule has 1 heterocycles. The maximum absolute atomic E-state index is 11.9. The van der Waals surface area contributed by atoms with Crippen LogP contribution in [0.15, 0.2) is 47.5 Å². The highest BCUT2D eigenvalue weighted by molar-refractivity contribution is 7.89. The average Bonchev–Trinajstić information content (AvgIpc) is 2.48. The molecule has 0 aliphatic heterocycles. The largest absolute Gasteiger partial charge is 0.339 e. The van der Waals surface area contributed by atoms with E-state index in [2.05, 4.69) is 15.0 Å². The Kier molecular flexibility index (Phi) is 3.98. The molecule has 0 saturated carbocycles. The normalized spacial score (nSPS) is 10.8. The molecule has 0 fully saturated rings. The summed E-state index contributed by atoms with van der Waals surface area (Å²) in [6, 6.07) is 11.7. The third-order valence-electron chi connectivity index (χ3n) is 2.58. The fraction of sp³-hybridized carbons (Fsp3) is 0.0769. The summed E-state index contributed by atoms with van der Waals surface area (Å²) >= 11 is 0. The van der Waals surface area contributed by atoms with E-state index in [1.807, 2.05) is 6.07 Å². The molecule has 2 N–H and O–H groups in total. The minimum Gasteiger partial charge on any atom is -0.339 e. The highest BCUT2D eigenvalue weighted by atomic mass is 32.2. The summed E-state index contributed by atoms with van der Waals surface area (Å²) in [6.07, 6.45) is 1.49. The zero-order chi connectivity index (χ0) is 14.6. The van der Waals surface area contributed by atoms with Crippen molar-refractivity contribution >= 4 is 21.5 Å². The van der Waals surface area contributed by atoms with Gasteiger partial charge in [-0.15, -0.1) is 0 Å². The predicted octanol–water partition coefficient (Wildman–Crippen LogP) is 1.60. The summed E-state index contributed by atoms with van der Waals surface area (Å²) in [5.41, 5.74) is 1.07. The van der Waals surface area contributed by atoms with Crippen LogP contribution in [0.25, 0.3) is 0 Å². The molecule has 20 heavy (non-hydrogen) atoms. The molecule has 1 aromatic heterocycles. The van der Waals surface area contributed by atoms with E-state index in [4.69, 9.17) is 5.26 Å². The van der Waals surface area contributed by atoms with Crippen molar-refractivity contribution in [3.63, 3.8) is 0 Å². The number of benzene rings is 1. The second kappa shape index (κ2) is 5.69. The van der Waals surface area contributed by atoms with Gasteiger partial charge in [0.25, 0.3) is 0 Å². The van der Waals surface area contributed by atoms with Crippen LogP contribution >= 0.6 is 0 Å². The van der Waals surface area contributed by atoms with Crippen LogP contribution in [-0.2, 0) is 10.0 Å². The molecule has 0 aliphatic rings. The van der Waals surface area contributed by atoms with Gasteiger partial charge in [-0.2, -0.15) is 5.26 Å². The first kappa shape index (κ1) is 14.0. The summed E-state index contributed by atoms with van der Waals surface area (Å²) < 4.78 is 26.0. The van der Waals surface area contributed by atoms with E-state index in [0.717, 1.165) is 0 Å². The first-order valence-corrected chi connectivity index (χ1v) is 7.21. The molecule has 102 valence electrons. The van der Waals surface area contributed by atoms with Crippen molar-refractivity contribution in [2.24, 2.45) is 0 Å². The van der Waals surface area contributed by atoms with Gasteiger partial charge in [0.2, 0.25) is 10.0 Å². The molecule has 0 unspecified atom stereocenters. The van der Waals surface area contributed by atoms with Gasteiger partial charge in [-0.05, 0) is 37.4 Å². The van der Waals surface area contributed by atoms with Crippen LogP contribution in [0.4, 0.5) is 11.5 Å². The third kappa shape index (κ3) is 2.93. The highest BCUT2D eigenvalue weighted by Gasteiger charge is 2.17. The average molecular weight is 288 g/mol. The van der Waals surface area contributed by atoms with Crippen LogP contribution in [0.5, 0.6) is 0 Å². The number of nitrogens with zero attached hydrogens (tertiary/aromatic N) is 2.